The number of aromatic nitrogens is 6. The van der Waals surface area contributed by atoms with E-state index in [1.807, 2.05) is 19.2 Å². The van der Waals surface area contributed by atoms with Crippen LogP contribution in [0.15, 0.2) is 21.9 Å². The minimum atomic E-state index is -0.441. The summed E-state index contributed by atoms with van der Waals surface area (Å²) < 4.78 is 5.00. The van der Waals surface area contributed by atoms with E-state index in [9.17, 15) is 14.4 Å². The van der Waals surface area contributed by atoms with Gasteiger partial charge >= 0.3 is 11.7 Å². The number of hydrogen-bond donors (Lipinski definition) is 3. The average molecular weight is 429 g/mol. The zero-order chi connectivity index (χ0) is 22.0. The Bertz CT molecular complexity index is 1200. The number of hydrogen-bond acceptors (Lipinski definition) is 6. The number of nitrogens with zero attached hydrogens (tertiary/aromatic N) is 6. The van der Waals surface area contributed by atoms with Crippen molar-refractivity contribution in [3.05, 3.63) is 38.9 Å². The van der Waals surface area contributed by atoms with Gasteiger partial charge in [-0.25, -0.2) is 14.6 Å². The molecule has 1 fully saturated rings. The predicted molar refractivity (Wildman–Crippen MR) is 115 cm³/mol. The largest absolute Gasteiger partial charge is 0.361 e. The Labute approximate surface area is 177 Å². The van der Waals surface area contributed by atoms with E-state index < -0.39 is 11.2 Å². The first kappa shape index (κ1) is 20.7. The Kier molecular flexibility index (Phi) is 5.78. The maximum atomic E-state index is 12.3. The van der Waals surface area contributed by atoms with Gasteiger partial charge in [-0.2, -0.15) is 5.10 Å². The zero-order valence-corrected chi connectivity index (χ0v) is 17.7. The molecule has 4 rings (SSSR count). The number of amides is 2. The number of anilines is 1. The molecule has 166 valence electrons. The van der Waals surface area contributed by atoms with E-state index in [1.54, 1.807) is 21.2 Å². The van der Waals surface area contributed by atoms with Crippen molar-refractivity contribution in [3.8, 4) is 0 Å². The summed E-state index contributed by atoms with van der Waals surface area (Å²) in [5.41, 5.74) is -0.101. The summed E-state index contributed by atoms with van der Waals surface area (Å²) in [6.07, 6.45) is 3.60. The third-order valence-corrected chi connectivity index (χ3v) is 5.45. The van der Waals surface area contributed by atoms with E-state index >= 15 is 0 Å². The number of nitrogens with one attached hydrogen (secondary N) is 3. The van der Waals surface area contributed by atoms with Gasteiger partial charge in [-0.1, -0.05) is 13.3 Å². The molecule has 3 aromatic heterocycles. The van der Waals surface area contributed by atoms with Gasteiger partial charge in [0.25, 0.3) is 5.56 Å². The number of fused-ring (bicyclic) bond motifs is 1. The van der Waals surface area contributed by atoms with Crippen LogP contribution >= 0.6 is 0 Å². The summed E-state index contributed by atoms with van der Waals surface area (Å²) in [5.74, 6) is 1.29. The van der Waals surface area contributed by atoms with Crippen molar-refractivity contribution in [2.45, 2.75) is 39.4 Å². The first-order valence-electron chi connectivity index (χ1n) is 10.5. The second-order valence-electron chi connectivity index (χ2n) is 7.56. The van der Waals surface area contributed by atoms with Crippen LogP contribution < -0.4 is 21.9 Å². The quantitative estimate of drug-likeness (QED) is 0.440. The van der Waals surface area contributed by atoms with Crippen LogP contribution in [0.1, 0.15) is 25.6 Å². The number of H-pyrrole nitrogens is 1. The smallest absolute Gasteiger partial charge is 0.330 e. The number of rotatable bonds is 9. The Balaban J connectivity index is 1.47. The molecule has 3 aromatic rings. The molecule has 0 spiro atoms. The third-order valence-electron chi connectivity index (χ3n) is 5.45. The van der Waals surface area contributed by atoms with E-state index in [1.165, 1.54) is 4.57 Å². The maximum absolute atomic E-state index is 12.3. The number of urea groups is 1. The number of carbonyl (C=O) groups is 1. The van der Waals surface area contributed by atoms with Crippen molar-refractivity contribution in [2.75, 3.05) is 25.0 Å². The molecule has 0 aliphatic carbocycles. The highest BCUT2D eigenvalue weighted by molar-refractivity contribution is 5.76. The van der Waals surface area contributed by atoms with Crippen LogP contribution in [-0.2, 0) is 26.7 Å². The van der Waals surface area contributed by atoms with Crippen molar-refractivity contribution in [3.63, 3.8) is 0 Å². The van der Waals surface area contributed by atoms with Crippen LogP contribution in [0, 0.1) is 0 Å². The van der Waals surface area contributed by atoms with Crippen molar-refractivity contribution >= 4 is 23.0 Å². The molecule has 12 nitrogen and oxygen atoms in total. The number of imidazole rings is 1. The topological polar surface area (TPSA) is 135 Å². The summed E-state index contributed by atoms with van der Waals surface area (Å²) in [6, 6.07) is 1.80. The fraction of sp³-hybridized carbons (Fsp3) is 0.526. The van der Waals surface area contributed by atoms with Crippen LogP contribution in [0.3, 0.4) is 0 Å². The molecule has 0 unspecified atom stereocenters. The lowest BCUT2D eigenvalue weighted by Gasteiger charge is -2.13. The normalized spacial score (nSPS) is 13.9. The molecular formula is C19H27N9O3. The van der Waals surface area contributed by atoms with E-state index in [0.717, 1.165) is 12.8 Å². The van der Waals surface area contributed by atoms with Gasteiger partial charge in [0.15, 0.2) is 11.2 Å². The van der Waals surface area contributed by atoms with Gasteiger partial charge in [0, 0.05) is 45.5 Å². The maximum Gasteiger partial charge on any atom is 0.330 e. The SMILES string of the molecule is CCCCn1c(=O)[nH]c(=O)c2c1nc(CNc1ccn(CCN3CCNC3=O)n1)n2C. The highest BCUT2D eigenvalue weighted by Crippen LogP contribution is 2.12. The Hall–Kier alpha value is -3.57. The molecule has 0 atom stereocenters. The van der Waals surface area contributed by atoms with Crippen LogP contribution in [-0.4, -0.2) is 59.4 Å². The van der Waals surface area contributed by atoms with Gasteiger partial charge in [0.05, 0.1) is 13.1 Å². The molecule has 0 aromatic carbocycles. The third kappa shape index (κ3) is 4.18. The monoisotopic (exact) mass is 429 g/mol. The number of aromatic amines is 1. The molecule has 1 saturated heterocycles. The minimum absolute atomic E-state index is 0.0419. The molecule has 1 aliphatic heterocycles. The molecule has 3 N–H and O–H groups in total. The van der Waals surface area contributed by atoms with Gasteiger partial charge in [0.1, 0.15) is 11.6 Å². The highest BCUT2D eigenvalue weighted by Gasteiger charge is 2.19. The van der Waals surface area contributed by atoms with Gasteiger partial charge in [0.2, 0.25) is 0 Å². The molecular weight excluding hydrogens is 402 g/mol. The summed E-state index contributed by atoms with van der Waals surface area (Å²) in [4.78, 5) is 44.9. The Morgan fingerprint density at radius 3 is 2.77 bits per heavy atom. The van der Waals surface area contributed by atoms with Gasteiger partial charge in [-0.3, -0.25) is 19.0 Å². The van der Waals surface area contributed by atoms with Crippen molar-refractivity contribution < 1.29 is 4.79 Å². The fourth-order valence-corrected chi connectivity index (χ4v) is 3.67. The first-order valence-corrected chi connectivity index (χ1v) is 10.5. The Morgan fingerprint density at radius 2 is 2.03 bits per heavy atom. The second-order valence-corrected chi connectivity index (χ2v) is 7.56. The minimum Gasteiger partial charge on any atom is -0.361 e. The van der Waals surface area contributed by atoms with Crippen molar-refractivity contribution in [2.24, 2.45) is 7.05 Å². The number of carbonyl (C=O) groups excluding carboxylic acids is 1. The van der Waals surface area contributed by atoms with E-state index in [4.69, 9.17) is 0 Å². The molecule has 2 amide bonds. The van der Waals surface area contributed by atoms with Crippen LogP contribution in [0.5, 0.6) is 0 Å². The molecule has 4 heterocycles. The predicted octanol–water partition coefficient (Wildman–Crippen LogP) is 0.0572. The van der Waals surface area contributed by atoms with Crippen LogP contribution in [0.4, 0.5) is 10.6 Å². The van der Waals surface area contributed by atoms with E-state index in [0.29, 0.717) is 62.1 Å². The van der Waals surface area contributed by atoms with Crippen molar-refractivity contribution in [1.29, 1.82) is 0 Å². The fourth-order valence-electron chi connectivity index (χ4n) is 3.67. The Morgan fingerprint density at radius 1 is 1.19 bits per heavy atom. The highest BCUT2D eigenvalue weighted by atomic mass is 16.2. The summed E-state index contributed by atoms with van der Waals surface area (Å²) in [7, 11) is 1.76. The molecule has 0 bridgehead atoms. The van der Waals surface area contributed by atoms with E-state index in [2.05, 4.69) is 25.7 Å². The number of aryl methyl sites for hydroxylation is 2. The van der Waals surface area contributed by atoms with Crippen LogP contribution in [0.25, 0.3) is 11.2 Å². The number of unbranched alkanes of at least 4 members (excludes halogenated alkanes) is 1. The molecule has 1 aliphatic rings. The first-order chi connectivity index (χ1) is 15.0. The van der Waals surface area contributed by atoms with Gasteiger partial charge in [-0.15, -0.1) is 0 Å². The molecule has 0 saturated carbocycles. The average Bonchev–Trinajstić information content (AvgIpc) is 3.44. The standard InChI is InChI=1S/C19H27N9O3/c1-3-4-7-28-16-15(17(29)23-19(28)31)25(2)14(22-16)12-21-13-5-8-27(24-13)11-10-26-9-6-20-18(26)30/h5,8H,3-4,6-7,9-12H2,1-2H3,(H,20,30)(H,21,24)(H,23,29,31). The van der Waals surface area contributed by atoms with Gasteiger partial charge in [-0.05, 0) is 6.42 Å². The lowest BCUT2D eigenvalue weighted by Crippen LogP contribution is -2.31. The summed E-state index contributed by atoms with van der Waals surface area (Å²) >= 11 is 0. The van der Waals surface area contributed by atoms with Gasteiger partial charge < -0.3 is 20.1 Å². The van der Waals surface area contributed by atoms with Crippen molar-refractivity contribution in [1.82, 2.24) is 39.1 Å². The zero-order valence-electron chi connectivity index (χ0n) is 17.7. The molecule has 31 heavy (non-hydrogen) atoms. The lowest BCUT2D eigenvalue weighted by molar-refractivity contribution is 0.215. The molecule has 12 heteroatoms. The second kappa shape index (κ2) is 8.66. The van der Waals surface area contributed by atoms with E-state index in [-0.39, 0.29) is 6.03 Å². The summed E-state index contributed by atoms with van der Waals surface area (Å²) in [6.45, 7) is 5.47. The lowest BCUT2D eigenvalue weighted by atomic mass is 10.3. The summed E-state index contributed by atoms with van der Waals surface area (Å²) in [5, 5.41) is 10.5. The van der Waals surface area contributed by atoms with Crippen LogP contribution in [0.2, 0.25) is 0 Å². The molecule has 0 radical (unpaired) electrons.